The smallest absolute Gasteiger partial charge is 0.338 e. The maximum atomic E-state index is 13.2. The lowest BCUT2D eigenvalue weighted by atomic mass is 9.93. The number of nitrogens with zero attached hydrogens (tertiary/aromatic N) is 2. The summed E-state index contributed by atoms with van der Waals surface area (Å²) < 4.78 is 13.8. The summed E-state index contributed by atoms with van der Waals surface area (Å²) in [4.78, 5) is 32.0. The highest BCUT2D eigenvalue weighted by atomic mass is 16.5. The minimum Gasteiger partial charge on any atom is -0.507 e. The molecule has 9 rings (SSSR count). The van der Waals surface area contributed by atoms with Crippen LogP contribution in [0.15, 0.2) is 164 Å². The first-order chi connectivity index (χ1) is 34.3. The highest BCUT2D eigenvalue weighted by Crippen LogP contribution is 2.44. The molecule has 7 nitrogen and oxygen atoms in total. The summed E-state index contributed by atoms with van der Waals surface area (Å²) in [7, 11) is 0. The zero-order valence-corrected chi connectivity index (χ0v) is 40.8. The number of carbonyl (C=O) groups excluding carboxylic acids is 2. The number of hydrogen-bond acceptors (Lipinski definition) is 6. The van der Waals surface area contributed by atoms with Gasteiger partial charge in [-0.3, -0.25) is 4.57 Å². The van der Waals surface area contributed by atoms with Gasteiger partial charge >= 0.3 is 11.9 Å². The molecule has 2 unspecified atom stereocenters. The molecule has 0 saturated heterocycles. The molecule has 2 atom stereocenters. The Morgan fingerprint density at radius 2 is 0.971 bits per heavy atom. The number of rotatable bonds is 19. The topological polar surface area (TPSA) is 90.7 Å². The lowest BCUT2D eigenvalue weighted by Crippen LogP contribution is -2.14. The minimum atomic E-state index is -0.303. The van der Waals surface area contributed by atoms with E-state index in [-0.39, 0.29) is 17.7 Å². The lowest BCUT2D eigenvalue weighted by Gasteiger charge is -2.15. The lowest BCUT2D eigenvalue weighted by molar-refractivity contribution is 0.0419. The van der Waals surface area contributed by atoms with Crippen LogP contribution in [0.2, 0.25) is 0 Å². The van der Waals surface area contributed by atoms with Crippen molar-refractivity contribution in [1.82, 2.24) is 9.55 Å². The van der Waals surface area contributed by atoms with Crippen LogP contribution in [-0.2, 0) is 9.47 Å². The molecule has 7 heteroatoms. The number of unbranched alkanes of at least 4 members (excludes halogenated alkanes) is 2. The molecule has 0 fully saturated rings. The Bertz CT molecular complexity index is 3250. The zero-order valence-electron chi connectivity index (χ0n) is 40.8. The van der Waals surface area contributed by atoms with Gasteiger partial charge in [-0.15, -0.1) is 0 Å². The van der Waals surface area contributed by atoms with Crippen LogP contribution in [0, 0.1) is 11.8 Å². The van der Waals surface area contributed by atoms with Crippen molar-refractivity contribution in [2.24, 2.45) is 11.8 Å². The van der Waals surface area contributed by atoms with Gasteiger partial charge in [0.2, 0.25) is 0 Å². The van der Waals surface area contributed by atoms with Crippen LogP contribution in [0.5, 0.6) is 5.75 Å². The number of esters is 2. The Morgan fingerprint density at radius 1 is 0.514 bits per heavy atom. The van der Waals surface area contributed by atoms with E-state index in [1.165, 1.54) is 0 Å². The molecule has 1 aromatic heterocycles. The molecule has 0 saturated carbocycles. The Morgan fingerprint density at radius 3 is 1.50 bits per heavy atom. The van der Waals surface area contributed by atoms with Gasteiger partial charge in [-0.2, -0.15) is 0 Å². The fraction of sp³-hybridized carbons (Fsp3) is 0.254. The molecule has 354 valence electrons. The normalized spacial score (nSPS) is 12.3. The first kappa shape index (κ1) is 47.6. The number of ether oxygens (including phenoxy) is 2. The average molecular weight is 927 g/mol. The van der Waals surface area contributed by atoms with Crippen molar-refractivity contribution in [2.75, 3.05) is 13.2 Å². The predicted octanol–water partition coefficient (Wildman–Crippen LogP) is 16.5. The molecule has 0 aliphatic carbocycles. The molecule has 70 heavy (non-hydrogen) atoms. The maximum Gasteiger partial charge on any atom is 0.338 e. The summed E-state index contributed by atoms with van der Waals surface area (Å²) in [6, 6.07) is 54.4. The van der Waals surface area contributed by atoms with Crippen LogP contribution in [0.25, 0.3) is 83.0 Å². The van der Waals surface area contributed by atoms with Crippen molar-refractivity contribution in [2.45, 2.75) is 79.1 Å². The molecule has 0 aliphatic rings. The third-order valence-electron chi connectivity index (χ3n) is 14.0. The summed E-state index contributed by atoms with van der Waals surface area (Å²) in [6.07, 6.45) is 8.59. The van der Waals surface area contributed by atoms with Crippen LogP contribution in [0.1, 0.15) is 99.8 Å². The molecular formula is C63H62N2O5. The number of aromatic hydroxyl groups is 1. The van der Waals surface area contributed by atoms with Crippen molar-refractivity contribution >= 4 is 44.5 Å². The molecule has 0 aliphatic heterocycles. The third-order valence-corrected chi connectivity index (χ3v) is 14.0. The second-order valence-electron chi connectivity index (χ2n) is 18.6. The van der Waals surface area contributed by atoms with E-state index in [1.807, 2.05) is 97.1 Å². The van der Waals surface area contributed by atoms with Crippen molar-refractivity contribution < 1.29 is 24.2 Å². The number of fused-ring (bicyclic) bond motifs is 6. The van der Waals surface area contributed by atoms with Crippen LogP contribution in [-0.4, -0.2) is 39.8 Å². The van der Waals surface area contributed by atoms with Gasteiger partial charge in [0.15, 0.2) is 0 Å². The van der Waals surface area contributed by atoms with Gasteiger partial charge in [0, 0.05) is 16.5 Å². The number of imidazole rings is 1. The number of aromatic nitrogens is 2. The highest BCUT2D eigenvalue weighted by Gasteiger charge is 2.24. The summed E-state index contributed by atoms with van der Waals surface area (Å²) >= 11 is 0. The Kier molecular flexibility index (Phi) is 14.8. The Labute approximate surface area is 411 Å². The Balaban J connectivity index is 1.18. The molecule has 0 amide bonds. The standard InChI is InChI=1S/C63H62N2O5/c1-5-9-17-42(7-3)40-69-62(67)47-27-23-45(24-28-47)49-31-34-53-54-35-32-50(46-25-29-48(30-26-46)63(68)70-41-43(8-4)18-10-6-2)38-56(54)60-59(55(53)37-49)64-61(65(60)52-21-15-12-16-22-52)57-39-51(33-36-58(57)66)44-19-13-11-14-20-44/h11-16,19-39,42-43,66H,5-10,17-18,40-41H2,1-4H3. The van der Waals surface area contributed by atoms with Crippen LogP contribution in [0.4, 0.5) is 0 Å². The Hall–Kier alpha value is -7.51. The van der Waals surface area contributed by atoms with Gasteiger partial charge in [0.25, 0.3) is 0 Å². The predicted molar refractivity (Wildman–Crippen MR) is 287 cm³/mol. The highest BCUT2D eigenvalue weighted by molar-refractivity contribution is 6.25. The van der Waals surface area contributed by atoms with Crippen LogP contribution >= 0.6 is 0 Å². The third kappa shape index (κ3) is 10.1. The number of benzene rings is 8. The van der Waals surface area contributed by atoms with E-state index in [0.29, 0.717) is 47.6 Å². The zero-order chi connectivity index (χ0) is 48.6. The largest absolute Gasteiger partial charge is 0.507 e. The average Bonchev–Trinajstić information content (AvgIpc) is 3.82. The van der Waals surface area contributed by atoms with Crippen molar-refractivity contribution in [3.05, 3.63) is 175 Å². The summed E-state index contributed by atoms with van der Waals surface area (Å²) in [6.45, 7) is 9.54. The molecule has 0 spiro atoms. The second-order valence-corrected chi connectivity index (χ2v) is 18.6. The molecule has 1 heterocycles. The maximum absolute atomic E-state index is 13.2. The van der Waals surface area contributed by atoms with Gasteiger partial charge in [-0.25, -0.2) is 14.6 Å². The van der Waals surface area contributed by atoms with Gasteiger partial charge in [-0.05, 0) is 129 Å². The van der Waals surface area contributed by atoms with Gasteiger partial charge in [0.1, 0.15) is 11.6 Å². The first-order valence-electron chi connectivity index (χ1n) is 25.2. The molecule has 9 aromatic rings. The molecule has 8 aromatic carbocycles. The fourth-order valence-electron chi connectivity index (χ4n) is 9.65. The summed E-state index contributed by atoms with van der Waals surface area (Å²) in [5.41, 5.74) is 10.1. The van der Waals surface area contributed by atoms with E-state index >= 15 is 0 Å². The van der Waals surface area contributed by atoms with Crippen molar-refractivity contribution in [3.8, 4) is 56.2 Å². The fourth-order valence-corrected chi connectivity index (χ4v) is 9.65. The van der Waals surface area contributed by atoms with Gasteiger partial charge < -0.3 is 14.6 Å². The van der Waals surface area contributed by atoms with E-state index < -0.39 is 0 Å². The van der Waals surface area contributed by atoms with Crippen molar-refractivity contribution in [1.29, 1.82) is 0 Å². The second kappa shape index (κ2) is 21.8. The van der Waals surface area contributed by atoms with Crippen LogP contribution < -0.4 is 0 Å². The van der Waals surface area contributed by atoms with Crippen LogP contribution in [0.3, 0.4) is 0 Å². The van der Waals surface area contributed by atoms with Crippen molar-refractivity contribution in [3.63, 3.8) is 0 Å². The van der Waals surface area contributed by atoms with E-state index in [2.05, 4.69) is 92.9 Å². The number of hydrogen-bond donors (Lipinski definition) is 1. The minimum absolute atomic E-state index is 0.122. The summed E-state index contributed by atoms with van der Waals surface area (Å²) in [5.74, 6) is 0.851. The summed E-state index contributed by atoms with van der Waals surface area (Å²) in [5, 5.41) is 15.8. The van der Waals surface area contributed by atoms with Gasteiger partial charge in [0.05, 0.1) is 40.9 Å². The molecule has 1 N–H and O–H groups in total. The SMILES string of the molecule is CCCCC(CC)COC(=O)c1ccc(-c2ccc3c4ccc(-c5ccc(C(=O)OCC(CC)CCCC)cc5)cc4c4c(nc(-c5cc(-c6ccccc6)ccc5O)n4-c4ccccc4)c3c2)cc1. The van der Waals surface area contributed by atoms with Gasteiger partial charge in [-0.1, -0.05) is 169 Å². The first-order valence-corrected chi connectivity index (χ1v) is 25.2. The number of phenols is 1. The molecule has 0 bridgehead atoms. The number of para-hydroxylation sites is 1. The number of carbonyl (C=O) groups is 2. The van der Waals surface area contributed by atoms with E-state index in [9.17, 15) is 14.7 Å². The molecule has 0 radical (unpaired) electrons. The quantitative estimate of drug-likeness (QED) is 0.0642. The molecular weight excluding hydrogens is 865 g/mol. The van der Waals surface area contributed by atoms with E-state index in [0.717, 1.165) is 123 Å². The number of phenolic OH excluding ortho intramolecular Hbond substituents is 1. The monoisotopic (exact) mass is 926 g/mol. The van der Waals surface area contributed by atoms with E-state index in [1.54, 1.807) is 6.07 Å². The van der Waals surface area contributed by atoms with E-state index in [4.69, 9.17) is 14.5 Å².